The van der Waals surface area contributed by atoms with Crippen molar-refractivity contribution >= 4 is 17.6 Å². The fourth-order valence-electron chi connectivity index (χ4n) is 3.50. The topological polar surface area (TPSA) is 58.6 Å². The predicted molar refractivity (Wildman–Crippen MR) is 106 cm³/mol. The Morgan fingerprint density at radius 1 is 1.07 bits per heavy atom. The summed E-state index contributed by atoms with van der Waals surface area (Å²) in [4.78, 5) is 26.0. The lowest BCUT2D eigenvalue weighted by Crippen LogP contribution is -2.41. The molecule has 1 amide bonds. The summed E-state index contributed by atoms with van der Waals surface area (Å²) in [5.74, 6) is 0.350. The average Bonchev–Trinajstić information content (AvgIpc) is 2.73. The number of carbonyl (C=O) groups is 2. The van der Waals surface area contributed by atoms with Gasteiger partial charge >= 0.3 is 5.97 Å². The van der Waals surface area contributed by atoms with Gasteiger partial charge in [0.2, 0.25) is 5.91 Å². The number of piperidine rings is 1. The lowest BCUT2D eigenvalue weighted by atomic mass is 9.90. The SMILES string of the molecule is COC(=O)c1cccc(NCC(=O)N2CCC(Cc3ccccc3)CC2)c1. The first-order chi connectivity index (χ1) is 13.2. The zero-order valence-electron chi connectivity index (χ0n) is 15.7. The number of hydrogen-bond donors (Lipinski definition) is 1. The molecule has 0 spiro atoms. The maximum absolute atomic E-state index is 12.5. The van der Waals surface area contributed by atoms with Gasteiger partial charge in [0.25, 0.3) is 0 Å². The number of nitrogens with zero attached hydrogens (tertiary/aromatic N) is 1. The number of rotatable bonds is 6. The summed E-state index contributed by atoms with van der Waals surface area (Å²) in [5, 5.41) is 3.11. The number of benzene rings is 2. The van der Waals surface area contributed by atoms with Crippen LogP contribution in [0, 0.1) is 5.92 Å². The minimum Gasteiger partial charge on any atom is -0.465 e. The van der Waals surface area contributed by atoms with Gasteiger partial charge in [0.15, 0.2) is 0 Å². The number of carbonyl (C=O) groups excluding carboxylic acids is 2. The Hall–Kier alpha value is -2.82. The van der Waals surface area contributed by atoms with Gasteiger partial charge in [-0.05, 0) is 48.9 Å². The van der Waals surface area contributed by atoms with E-state index in [1.54, 1.807) is 18.2 Å². The van der Waals surface area contributed by atoms with E-state index in [-0.39, 0.29) is 18.4 Å². The second-order valence-corrected chi connectivity index (χ2v) is 6.94. The van der Waals surface area contributed by atoms with E-state index in [0.29, 0.717) is 11.5 Å². The zero-order valence-corrected chi connectivity index (χ0v) is 15.7. The van der Waals surface area contributed by atoms with Gasteiger partial charge in [-0.15, -0.1) is 0 Å². The number of ether oxygens (including phenoxy) is 1. The molecule has 0 unspecified atom stereocenters. The smallest absolute Gasteiger partial charge is 0.337 e. The van der Waals surface area contributed by atoms with Crippen molar-refractivity contribution in [2.75, 3.05) is 32.1 Å². The summed E-state index contributed by atoms with van der Waals surface area (Å²) in [6, 6.07) is 17.5. The third kappa shape index (κ3) is 5.33. The number of methoxy groups -OCH3 is 1. The van der Waals surface area contributed by atoms with Gasteiger partial charge in [-0.3, -0.25) is 4.79 Å². The summed E-state index contributed by atoms with van der Waals surface area (Å²) >= 11 is 0. The van der Waals surface area contributed by atoms with Gasteiger partial charge in [0.1, 0.15) is 0 Å². The van der Waals surface area contributed by atoms with E-state index in [0.717, 1.165) is 38.0 Å². The van der Waals surface area contributed by atoms with Gasteiger partial charge < -0.3 is 15.0 Å². The minimum absolute atomic E-state index is 0.0941. The molecular weight excluding hydrogens is 340 g/mol. The number of amides is 1. The van der Waals surface area contributed by atoms with Gasteiger partial charge in [-0.1, -0.05) is 36.4 Å². The van der Waals surface area contributed by atoms with Crippen LogP contribution < -0.4 is 5.32 Å². The Morgan fingerprint density at radius 3 is 2.52 bits per heavy atom. The number of hydrogen-bond acceptors (Lipinski definition) is 4. The van der Waals surface area contributed by atoms with Crippen LogP contribution in [-0.2, 0) is 16.0 Å². The van der Waals surface area contributed by atoms with Crippen molar-refractivity contribution in [3.63, 3.8) is 0 Å². The summed E-state index contributed by atoms with van der Waals surface area (Å²) in [6.07, 6.45) is 3.17. The zero-order chi connectivity index (χ0) is 19.1. The van der Waals surface area contributed by atoms with E-state index >= 15 is 0 Å². The largest absolute Gasteiger partial charge is 0.465 e. The molecule has 5 nitrogen and oxygen atoms in total. The molecule has 0 bridgehead atoms. The molecule has 0 aromatic heterocycles. The number of nitrogens with one attached hydrogen (secondary N) is 1. The van der Waals surface area contributed by atoms with E-state index in [1.807, 2.05) is 17.0 Å². The van der Waals surface area contributed by atoms with Crippen molar-refractivity contribution in [2.24, 2.45) is 5.92 Å². The molecule has 1 aliphatic rings. The van der Waals surface area contributed by atoms with Crippen LogP contribution in [-0.4, -0.2) is 43.5 Å². The normalized spacial score (nSPS) is 14.6. The fourth-order valence-corrected chi connectivity index (χ4v) is 3.50. The molecule has 0 aliphatic carbocycles. The highest BCUT2D eigenvalue weighted by atomic mass is 16.5. The highest BCUT2D eigenvalue weighted by Gasteiger charge is 2.22. The van der Waals surface area contributed by atoms with E-state index < -0.39 is 0 Å². The molecule has 0 radical (unpaired) electrons. The number of likely N-dealkylation sites (tertiary alicyclic amines) is 1. The van der Waals surface area contributed by atoms with Crippen molar-refractivity contribution in [1.29, 1.82) is 0 Å². The molecule has 2 aromatic rings. The van der Waals surface area contributed by atoms with Gasteiger partial charge in [0, 0.05) is 18.8 Å². The molecule has 1 aliphatic heterocycles. The molecule has 1 saturated heterocycles. The highest BCUT2D eigenvalue weighted by Crippen LogP contribution is 2.22. The molecule has 1 heterocycles. The monoisotopic (exact) mass is 366 g/mol. The summed E-state index contributed by atoms with van der Waals surface area (Å²) in [6.45, 7) is 1.84. The van der Waals surface area contributed by atoms with Gasteiger partial charge in [-0.25, -0.2) is 4.79 Å². The molecule has 3 rings (SSSR count). The maximum atomic E-state index is 12.5. The number of anilines is 1. The Morgan fingerprint density at radius 2 is 1.81 bits per heavy atom. The third-order valence-electron chi connectivity index (χ3n) is 5.06. The van der Waals surface area contributed by atoms with Crippen LogP contribution in [0.2, 0.25) is 0 Å². The van der Waals surface area contributed by atoms with Crippen LogP contribution in [0.15, 0.2) is 54.6 Å². The number of esters is 1. The van der Waals surface area contributed by atoms with Crippen LogP contribution >= 0.6 is 0 Å². The van der Waals surface area contributed by atoms with Crippen LogP contribution in [0.4, 0.5) is 5.69 Å². The van der Waals surface area contributed by atoms with Crippen molar-refractivity contribution in [3.05, 3.63) is 65.7 Å². The first kappa shape index (κ1) is 19.0. The molecule has 1 N–H and O–H groups in total. The third-order valence-corrected chi connectivity index (χ3v) is 5.06. The molecule has 27 heavy (non-hydrogen) atoms. The highest BCUT2D eigenvalue weighted by molar-refractivity contribution is 5.90. The molecule has 2 aromatic carbocycles. The summed E-state index contributed by atoms with van der Waals surface area (Å²) in [7, 11) is 1.35. The second kappa shape index (κ2) is 9.21. The second-order valence-electron chi connectivity index (χ2n) is 6.94. The summed E-state index contributed by atoms with van der Waals surface area (Å²) in [5.41, 5.74) is 2.58. The standard InChI is InChI=1S/C22H26N2O3/c1-27-22(26)19-8-5-9-20(15-19)23-16-21(25)24-12-10-18(11-13-24)14-17-6-3-2-4-7-17/h2-9,15,18,23H,10-14,16H2,1H3. The lowest BCUT2D eigenvalue weighted by molar-refractivity contribution is -0.130. The molecule has 1 fully saturated rings. The van der Waals surface area contributed by atoms with Gasteiger partial charge in [-0.2, -0.15) is 0 Å². The van der Waals surface area contributed by atoms with Crippen molar-refractivity contribution in [3.8, 4) is 0 Å². The Balaban J connectivity index is 1.45. The van der Waals surface area contributed by atoms with E-state index in [4.69, 9.17) is 4.74 Å². The molecule has 0 atom stereocenters. The van der Waals surface area contributed by atoms with Crippen LogP contribution in [0.1, 0.15) is 28.8 Å². The fraction of sp³-hybridized carbons (Fsp3) is 0.364. The van der Waals surface area contributed by atoms with Crippen molar-refractivity contribution in [2.45, 2.75) is 19.3 Å². The van der Waals surface area contributed by atoms with Crippen LogP contribution in [0.5, 0.6) is 0 Å². The average molecular weight is 366 g/mol. The maximum Gasteiger partial charge on any atom is 0.337 e. The lowest BCUT2D eigenvalue weighted by Gasteiger charge is -2.32. The molecule has 142 valence electrons. The molecular formula is C22H26N2O3. The first-order valence-corrected chi connectivity index (χ1v) is 9.39. The molecule has 0 saturated carbocycles. The molecule has 5 heteroatoms. The van der Waals surface area contributed by atoms with Crippen molar-refractivity contribution in [1.82, 2.24) is 4.90 Å². The Bertz CT molecular complexity index is 768. The predicted octanol–water partition coefficient (Wildman–Crippen LogP) is 3.37. The van der Waals surface area contributed by atoms with E-state index in [1.165, 1.54) is 12.7 Å². The summed E-state index contributed by atoms with van der Waals surface area (Å²) < 4.78 is 4.72. The van der Waals surface area contributed by atoms with E-state index in [2.05, 4.69) is 29.6 Å². The van der Waals surface area contributed by atoms with Gasteiger partial charge in [0.05, 0.1) is 19.2 Å². The Kier molecular flexibility index (Phi) is 6.47. The van der Waals surface area contributed by atoms with Crippen molar-refractivity contribution < 1.29 is 14.3 Å². The Labute approximate surface area is 160 Å². The quantitative estimate of drug-likeness (QED) is 0.797. The minimum atomic E-state index is -0.384. The van der Waals surface area contributed by atoms with Crippen LogP contribution in [0.25, 0.3) is 0 Å². The first-order valence-electron chi connectivity index (χ1n) is 9.39. The van der Waals surface area contributed by atoms with E-state index in [9.17, 15) is 9.59 Å². The van der Waals surface area contributed by atoms with Crippen LogP contribution in [0.3, 0.4) is 0 Å².